The SMILES string of the molecule is COc1ccc(/C=C/C(=O)NCc2nnc3nc(C)cc(C)n23)cc1OC. The lowest BCUT2D eigenvalue weighted by atomic mass is 10.2. The molecule has 0 fully saturated rings. The van der Waals surface area contributed by atoms with Gasteiger partial charge in [0, 0.05) is 17.5 Å². The van der Waals surface area contributed by atoms with E-state index in [0.29, 0.717) is 23.1 Å². The molecule has 2 aromatic heterocycles. The first-order valence-electron chi connectivity index (χ1n) is 8.38. The van der Waals surface area contributed by atoms with Crippen LogP contribution in [0.4, 0.5) is 0 Å². The van der Waals surface area contributed by atoms with E-state index in [1.165, 1.54) is 6.08 Å². The molecule has 3 aromatic rings. The van der Waals surface area contributed by atoms with E-state index in [2.05, 4.69) is 20.5 Å². The zero-order valence-electron chi connectivity index (χ0n) is 15.7. The molecule has 8 nitrogen and oxygen atoms in total. The molecule has 0 saturated heterocycles. The third kappa shape index (κ3) is 4.05. The summed E-state index contributed by atoms with van der Waals surface area (Å²) in [4.78, 5) is 16.5. The zero-order chi connectivity index (χ0) is 19.4. The third-order valence-corrected chi connectivity index (χ3v) is 4.02. The topological polar surface area (TPSA) is 90.6 Å². The van der Waals surface area contributed by atoms with Crippen LogP contribution in [-0.2, 0) is 11.3 Å². The van der Waals surface area contributed by atoms with Crippen LogP contribution in [0.15, 0.2) is 30.3 Å². The minimum Gasteiger partial charge on any atom is -0.493 e. The summed E-state index contributed by atoms with van der Waals surface area (Å²) in [5.41, 5.74) is 2.67. The van der Waals surface area contributed by atoms with Gasteiger partial charge in [-0.15, -0.1) is 10.2 Å². The number of benzene rings is 1. The Morgan fingerprint density at radius 1 is 1.15 bits per heavy atom. The van der Waals surface area contributed by atoms with Gasteiger partial charge in [0.25, 0.3) is 5.78 Å². The van der Waals surface area contributed by atoms with Crippen LogP contribution >= 0.6 is 0 Å². The third-order valence-electron chi connectivity index (χ3n) is 4.02. The van der Waals surface area contributed by atoms with E-state index in [9.17, 15) is 4.79 Å². The summed E-state index contributed by atoms with van der Waals surface area (Å²) in [6, 6.07) is 7.37. The van der Waals surface area contributed by atoms with Gasteiger partial charge in [-0.2, -0.15) is 0 Å². The molecule has 1 aromatic carbocycles. The predicted octanol–water partition coefficient (Wildman–Crippen LogP) is 2.09. The molecule has 1 N–H and O–H groups in total. The Labute approximate surface area is 156 Å². The normalized spacial score (nSPS) is 11.1. The van der Waals surface area contributed by atoms with Crippen molar-refractivity contribution in [1.82, 2.24) is 24.9 Å². The first-order chi connectivity index (χ1) is 13.0. The van der Waals surface area contributed by atoms with Gasteiger partial charge in [-0.3, -0.25) is 9.20 Å². The molecule has 0 aliphatic carbocycles. The maximum absolute atomic E-state index is 12.1. The van der Waals surface area contributed by atoms with E-state index in [4.69, 9.17) is 9.47 Å². The lowest BCUT2D eigenvalue weighted by molar-refractivity contribution is -0.116. The average Bonchev–Trinajstić information content (AvgIpc) is 3.07. The van der Waals surface area contributed by atoms with Crippen molar-refractivity contribution in [3.63, 3.8) is 0 Å². The molecule has 0 atom stereocenters. The lowest BCUT2D eigenvalue weighted by Crippen LogP contribution is -2.22. The summed E-state index contributed by atoms with van der Waals surface area (Å²) < 4.78 is 12.3. The van der Waals surface area contributed by atoms with Gasteiger partial charge >= 0.3 is 0 Å². The number of nitrogens with one attached hydrogen (secondary N) is 1. The maximum Gasteiger partial charge on any atom is 0.255 e. The number of rotatable bonds is 6. The van der Waals surface area contributed by atoms with Crippen molar-refractivity contribution in [1.29, 1.82) is 0 Å². The van der Waals surface area contributed by atoms with Crippen LogP contribution < -0.4 is 14.8 Å². The molecule has 0 bridgehead atoms. The van der Waals surface area contributed by atoms with Gasteiger partial charge in [-0.05, 0) is 43.7 Å². The van der Waals surface area contributed by atoms with E-state index in [1.807, 2.05) is 30.4 Å². The van der Waals surface area contributed by atoms with Crippen LogP contribution in [0, 0.1) is 13.8 Å². The molecule has 0 saturated carbocycles. The van der Waals surface area contributed by atoms with Crippen molar-refractivity contribution in [3.8, 4) is 11.5 Å². The first-order valence-corrected chi connectivity index (χ1v) is 8.38. The van der Waals surface area contributed by atoms with Crippen molar-refractivity contribution in [2.24, 2.45) is 0 Å². The summed E-state index contributed by atoms with van der Waals surface area (Å²) in [5, 5.41) is 11.0. The smallest absolute Gasteiger partial charge is 0.255 e. The summed E-state index contributed by atoms with van der Waals surface area (Å²) in [7, 11) is 3.15. The molecule has 0 unspecified atom stereocenters. The number of methoxy groups -OCH3 is 2. The number of aryl methyl sites for hydroxylation is 2. The minimum atomic E-state index is -0.237. The molecule has 0 spiro atoms. The molecule has 0 aliphatic heterocycles. The first kappa shape index (κ1) is 18.4. The number of carbonyl (C=O) groups is 1. The molecule has 0 aliphatic rings. The van der Waals surface area contributed by atoms with Gasteiger partial charge in [0.15, 0.2) is 17.3 Å². The van der Waals surface area contributed by atoms with E-state index in [-0.39, 0.29) is 12.5 Å². The quantitative estimate of drug-likeness (QED) is 0.671. The standard InChI is InChI=1S/C19H21N5O3/c1-12-9-13(2)24-17(22-23-19(24)21-12)11-20-18(25)8-6-14-5-7-15(26-3)16(10-14)27-4/h5-10H,11H2,1-4H3,(H,20,25)/b8-6+. The Morgan fingerprint density at radius 2 is 1.93 bits per heavy atom. The van der Waals surface area contributed by atoms with E-state index < -0.39 is 0 Å². The van der Waals surface area contributed by atoms with Crippen LogP contribution in [-0.4, -0.2) is 39.7 Å². The summed E-state index contributed by atoms with van der Waals surface area (Å²) in [6.07, 6.45) is 3.16. The van der Waals surface area contributed by atoms with Gasteiger partial charge in [0.2, 0.25) is 5.91 Å². The van der Waals surface area contributed by atoms with E-state index in [0.717, 1.165) is 17.0 Å². The lowest BCUT2D eigenvalue weighted by Gasteiger charge is -2.07. The summed E-state index contributed by atoms with van der Waals surface area (Å²) in [6.45, 7) is 4.11. The van der Waals surface area contributed by atoms with Crippen LogP contribution in [0.3, 0.4) is 0 Å². The number of nitrogens with zero attached hydrogens (tertiary/aromatic N) is 4. The minimum absolute atomic E-state index is 0.237. The predicted molar refractivity (Wildman–Crippen MR) is 101 cm³/mol. The molecule has 3 rings (SSSR count). The second-order valence-corrected chi connectivity index (χ2v) is 5.96. The number of ether oxygens (including phenoxy) is 2. The summed E-state index contributed by atoms with van der Waals surface area (Å²) >= 11 is 0. The molecule has 140 valence electrons. The van der Waals surface area contributed by atoms with Crippen LogP contribution in [0.5, 0.6) is 11.5 Å². The molecule has 2 heterocycles. The Hall–Kier alpha value is -3.42. The average molecular weight is 367 g/mol. The molecule has 1 amide bonds. The number of aromatic nitrogens is 4. The van der Waals surface area contributed by atoms with Gasteiger partial charge < -0.3 is 14.8 Å². The fourth-order valence-corrected chi connectivity index (χ4v) is 2.77. The molecule has 27 heavy (non-hydrogen) atoms. The van der Waals surface area contributed by atoms with E-state index in [1.54, 1.807) is 32.4 Å². The van der Waals surface area contributed by atoms with Crippen LogP contribution in [0.2, 0.25) is 0 Å². The number of hydrogen-bond donors (Lipinski definition) is 1. The second kappa shape index (κ2) is 7.86. The van der Waals surface area contributed by atoms with Crippen LogP contribution in [0.1, 0.15) is 22.8 Å². The highest BCUT2D eigenvalue weighted by atomic mass is 16.5. The van der Waals surface area contributed by atoms with Gasteiger partial charge in [0.05, 0.1) is 20.8 Å². The van der Waals surface area contributed by atoms with Crippen molar-refractivity contribution in [3.05, 3.63) is 53.1 Å². The molecule has 0 radical (unpaired) electrons. The van der Waals surface area contributed by atoms with E-state index >= 15 is 0 Å². The highest BCUT2D eigenvalue weighted by molar-refractivity contribution is 5.91. The highest BCUT2D eigenvalue weighted by Gasteiger charge is 2.10. The Kier molecular flexibility index (Phi) is 5.35. The second-order valence-electron chi connectivity index (χ2n) is 5.96. The Morgan fingerprint density at radius 3 is 2.67 bits per heavy atom. The van der Waals surface area contributed by atoms with Gasteiger partial charge in [-0.1, -0.05) is 6.07 Å². The fraction of sp³-hybridized carbons (Fsp3) is 0.263. The van der Waals surface area contributed by atoms with Crippen molar-refractivity contribution < 1.29 is 14.3 Å². The highest BCUT2D eigenvalue weighted by Crippen LogP contribution is 2.27. The molecular formula is C19H21N5O3. The Balaban J connectivity index is 1.67. The largest absolute Gasteiger partial charge is 0.493 e. The van der Waals surface area contributed by atoms with Crippen molar-refractivity contribution >= 4 is 17.8 Å². The molecular weight excluding hydrogens is 346 g/mol. The fourth-order valence-electron chi connectivity index (χ4n) is 2.77. The summed E-state index contributed by atoms with van der Waals surface area (Å²) in [5.74, 6) is 2.16. The van der Waals surface area contributed by atoms with Gasteiger partial charge in [0.1, 0.15) is 0 Å². The number of fused-ring (bicyclic) bond motifs is 1. The number of hydrogen-bond acceptors (Lipinski definition) is 6. The number of carbonyl (C=O) groups excluding carboxylic acids is 1. The maximum atomic E-state index is 12.1. The zero-order valence-corrected chi connectivity index (χ0v) is 15.7. The van der Waals surface area contributed by atoms with Crippen LogP contribution in [0.25, 0.3) is 11.9 Å². The van der Waals surface area contributed by atoms with Crippen molar-refractivity contribution in [2.45, 2.75) is 20.4 Å². The number of amides is 1. The molecule has 8 heteroatoms. The Bertz CT molecular complexity index is 1010. The van der Waals surface area contributed by atoms with Crippen molar-refractivity contribution in [2.75, 3.05) is 14.2 Å². The van der Waals surface area contributed by atoms with Gasteiger partial charge in [-0.25, -0.2) is 4.98 Å². The monoisotopic (exact) mass is 367 g/mol.